The predicted molar refractivity (Wildman–Crippen MR) is 112 cm³/mol. The summed E-state index contributed by atoms with van der Waals surface area (Å²) >= 11 is 1.58. The van der Waals surface area contributed by atoms with E-state index >= 15 is 0 Å². The fourth-order valence-corrected chi connectivity index (χ4v) is 4.94. The Morgan fingerprint density at radius 2 is 1.82 bits per heavy atom. The highest BCUT2D eigenvalue weighted by Crippen LogP contribution is 2.27. The first-order chi connectivity index (χ1) is 13.3. The third kappa shape index (κ3) is 5.69. The van der Waals surface area contributed by atoms with E-state index in [0.717, 1.165) is 49.5 Å². The number of rotatable bonds is 4. The van der Waals surface area contributed by atoms with Crippen LogP contribution >= 0.6 is 11.3 Å². The molecule has 0 bridgehead atoms. The summed E-state index contributed by atoms with van der Waals surface area (Å²) in [7, 11) is 0. The minimum atomic E-state index is -0.149. The minimum absolute atomic E-state index is 0.0278. The summed E-state index contributed by atoms with van der Waals surface area (Å²) in [5, 5.41) is 8.96. The molecule has 0 spiro atoms. The highest BCUT2D eigenvalue weighted by molar-refractivity contribution is 7.09. The van der Waals surface area contributed by atoms with Gasteiger partial charge in [-0.3, -0.25) is 4.79 Å². The Morgan fingerprint density at radius 3 is 2.43 bits per heavy atom. The third-order valence-electron chi connectivity index (χ3n) is 5.82. The van der Waals surface area contributed by atoms with Gasteiger partial charge in [0.25, 0.3) is 0 Å². The molecule has 1 aliphatic heterocycles. The number of nitrogens with zero attached hydrogens (tertiary/aromatic N) is 2. The smallest absolute Gasteiger partial charge is 0.315 e. The van der Waals surface area contributed by atoms with Gasteiger partial charge in [-0.25, -0.2) is 9.78 Å². The molecular weight excluding hydrogens is 372 g/mol. The van der Waals surface area contributed by atoms with Gasteiger partial charge in [-0.05, 0) is 25.7 Å². The van der Waals surface area contributed by atoms with E-state index in [2.05, 4.69) is 41.8 Å². The average Bonchev–Trinajstić information content (AvgIpc) is 3.17. The second-order valence-electron chi connectivity index (χ2n) is 9.14. The Balaban J connectivity index is 1.37. The fraction of sp³-hybridized carbons (Fsp3) is 0.762. The summed E-state index contributed by atoms with van der Waals surface area (Å²) in [4.78, 5) is 31.5. The van der Waals surface area contributed by atoms with Crippen molar-refractivity contribution in [1.29, 1.82) is 0 Å². The average molecular weight is 407 g/mol. The number of thiazole rings is 1. The van der Waals surface area contributed by atoms with Crippen LogP contribution < -0.4 is 10.6 Å². The summed E-state index contributed by atoms with van der Waals surface area (Å²) < 4.78 is 0. The van der Waals surface area contributed by atoms with Gasteiger partial charge in [-0.15, -0.1) is 11.3 Å². The van der Waals surface area contributed by atoms with Crippen LogP contribution in [0.2, 0.25) is 0 Å². The molecular formula is C21H34N4O2S. The molecule has 2 fully saturated rings. The number of urea groups is 1. The van der Waals surface area contributed by atoms with Crippen molar-refractivity contribution in [2.75, 3.05) is 13.1 Å². The molecule has 7 heteroatoms. The zero-order chi connectivity index (χ0) is 20.1. The number of piperidine rings is 1. The zero-order valence-electron chi connectivity index (χ0n) is 17.4. The van der Waals surface area contributed by atoms with Crippen LogP contribution in [-0.2, 0) is 16.8 Å². The molecule has 1 saturated heterocycles. The van der Waals surface area contributed by atoms with Crippen LogP contribution in [-0.4, -0.2) is 41.0 Å². The first-order valence-electron chi connectivity index (χ1n) is 10.6. The number of carbonyl (C=O) groups excluding carboxylic acids is 2. The summed E-state index contributed by atoms with van der Waals surface area (Å²) in [6, 6.07) is -0.0126. The van der Waals surface area contributed by atoms with Gasteiger partial charge >= 0.3 is 6.03 Å². The van der Waals surface area contributed by atoms with Gasteiger partial charge in [0.1, 0.15) is 5.01 Å². The van der Waals surface area contributed by atoms with Crippen molar-refractivity contribution in [2.24, 2.45) is 5.92 Å². The molecule has 1 saturated carbocycles. The molecule has 0 radical (unpaired) electrons. The first-order valence-corrected chi connectivity index (χ1v) is 11.5. The maximum absolute atomic E-state index is 12.6. The number of carbonyl (C=O) groups is 2. The number of hydrogen-bond acceptors (Lipinski definition) is 4. The van der Waals surface area contributed by atoms with Crippen molar-refractivity contribution in [3.63, 3.8) is 0 Å². The standard InChI is InChI=1S/C21H34N4O2S/c1-21(2,3)17-14-28-18(24-17)13-22-20(27)23-16-9-11-25(12-10-16)19(26)15-7-5-4-6-8-15/h14-16H,4-13H2,1-3H3,(H2,22,23,27). The Morgan fingerprint density at radius 1 is 1.14 bits per heavy atom. The Hall–Kier alpha value is -1.63. The minimum Gasteiger partial charge on any atom is -0.342 e. The lowest BCUT2D eigenvalue weighted by atomic mass is 9.87. The van der Waals surface area contributed by atoms with E-state index < -0.39 is 0 Å². The Labute approximate surface area is 172 Å². The van der Waals surface area contributed by atoms with Crippen molar-refractivity contribution in [3.8, 4) is 0 Å². The first kappa shape index (κ1) is 21.1. The molecule has 156 valence electrons. The molecule has 1 aromatic rings. The largest absolute Gasteiger partial charge is 0.342 e. The molecule has 0 unspecified atom stereocenters. The summed E-state index contributed by atoms with van der Waals surface area (Å²) in [6.07, 6.45) is 7.40. The molecule has 0 aromatic carbocycles. The van der Waals surface area contributed by atoms with Crippen molar-refractivity contribution in [3.05, 3.63) is 16.1 Å². The quantitative estimate of drug-likeness (QED) is 0.798. The van der Waals surface area contributed by atoms with Crippen LogP contribution in [0.4, 0.5) is 4.79 Å². The number of hydrogen-bond donors (Lipinski definition) is 2. The molecule has 2 aliphatic rings. The predicted octanol–water partition coefficient (Wildman–Crippen LogP) is 3.81. The number of aromatic nitrogens is 1. The Bertz CT molecular complexity index is 668. The second kappa shape index (κ2) is 9.25. The van der Waals surface area contributed by atoms with Crippen LogP contribution in [0.3, 0.4) is 0 Å². The molecule has 3 rings (SSSR count). The van der Waals surface area contributed by atoms with Crippen LogP contribution in [0.25, 0.3) is 0 Å². The summed E-state index contributed by atoms with van der Waals surface area (Å²) in [5.41, 5.74) is 1.09. The molecule has 28 heavy (non-hydrogen) atoms. The van der Waals surface area contributed by atoms with Gasteiger partial charge in [0.05, 0.1) is 12.2 Å². The van der Waals surface area contributed by atoms with Crippen LogP contribution in [0.15, 0.2) is 5.38 Å². The van der Waals surface area contributed by atoms with Gasteiger partial charge in [-0.1, -0.05) is 40.0 Å². The van der Waals surface area contributed by atoms with E-state index in [0.29, 0.717) is 12.5 Å². The lowest BCUT2D eigenvalue weighted by Crippen LogP contribution is -2.50. The van der Waals surface area contributed by atoms with Crippen LogP contribution in [0.5, 0.6) is 0 Å². The molecule has 2 N–H and O–H groups in total. The number of likely N-dealkylation sites (tertiary alicyclic amines) is 1. The van der Waals surface area contributed by atoms with Gasteiger partial charge < -0.3 is 15.5 Å². The fourth-order valence-electron chi connectivity index (χ4n) is 3.98. The molecule has 2 heterocycles. The van der Waals surface area contributed by atoms with Crippen molar-refractivity contribution in [2.45, 2.75) is 83.7 Å². The van der Waals surface area contributed by atoms with Crippen LogP contribution in [0.1, 0.15) is 76.4 Å². The monoisotopic (exact) mass is 406 g/mol. The normalized spacial score (nSPS) is 19.5. The van der Waals surface area contributed by atoms with Gasteiger partial charge in [0.15, 0.2) is 0 Å². The van der Waals surface area contributed by atoms with Crippen molar-refractivity contribution in [1.82, 2.24) is 20.5 Å². The molecule has 1 aliphatic carbocycles. The molecule has 0 atom stereocenters. The number of amides is 3. The van der Waals surface area contributed by atoms with E-state index in [4.69, 9.17) is 0 Å². The van der Waals surface area contributed by atoms with E-state index in [-0.39, 0.29) is 23.4 Å². The Kier molecular flexibility index (Phi) is 6.96. The summed E-state index contributed by atoms with van der Waals surface area (Å²) in [5.74, 6) is 0.568. The topological polar surface area (TPSA) is 74.3 Å². The van der Waals surface area contributed by atoms with E-state index in [1.54, 1.807) is 11.3 Å². The van der Waals surface area contributed by atoms with Crippen LogP contribution in [0, 0.1) is 5.92 Å². The molecule has 1 aromatic heterocycles. The lowest BCUT2D eigenvalue weighted by Gasteiger charge is -2.35. The van der Waals surface area contributed by atoms with Gasteiger partial charge in [0, 0.05) is 35.8 Å². The highest BCUT2D eigenvalue weighted by atomic mass is 32.1. The van der Waals surface area contributed by atoms with Gasteiger partial charge in [0.2, 0.25) is 5.91 Å². The highest BCUT2D eigenvalue weighted by Gasteiger charge is 2.29. The van der Waals surface area contributed by atoms with E-state index in [1.165, 1.54) is 19.3 Å². The SMILES string of the molecule is CC(C)(C)c1csc(CNC(=O)NC2CCN(C(=O)C3CCCCC3)CC2)n1. The maximum Gasteiger partial charge on any atom is 0.315 e. The van der Waals surface area contributed by atoms with Gasteiger partial charge in [-0.2, -0.15) is 0 Å². The second-order valence-corrected chi connectivity index (χ2v) is 10.1. The lowest BCUT2D eigenvalue weighted by molar-refractivity contribution is -0.137. The number of nitrogens with one attached hydrogen (secondary N) is 2. The molecule has 6 nitrogen and oxygen atoms in total. The maximum atomic E-state index is 12.6. The third-order valence-corrected chi connectivity index (χ3v) is 6.67. The van der Waals surface area contributed by atoms with E-state index in [9.17, 15) is 9.59 Å². The molecule has 3 amide bonds. The zero-order valence-corrected chi connectivity index (χ0v) is 18.2. The van der Waals surface area contributed by atoms with Crippen molar-refractivity contribution >= 4 is 23.3 Å². The van der Waals surface area contributed by atoms with E-state index in [1.807, 2.05) is 4.90 Å². The van der Waals surface area contributed by atoms with Crippen molar-refractivity contribution < 1.29 is 9.59 Å². The summed E-state index contributed by atoms with van der Waals surface area (Å²) in [6.45, 7) is 8.36.